The monoisotopic (exact) mass is 315 g/mol. The van der Waals surface area contributed by atoms with E-state index in [-0.39, 0.29) is 5.41 Å². The summed E-state index contributed by atoms with van der Waals surface area (Å²) in [6.07, 6.45) is 8.93. The predicted molar refractivity (Wildman–Crippen MR) is 89.8 cm³/mol. The lowest BCUT2D eigenvalue weighted by molar-refractivity contribution is 0.324. The highest BCUT2D eigenvalue weighted by Crippen LogP contribution is 2.44. The van der Waals surface area contributed by atoms with Crippen LogP contribution in [0.25, 0.3) is 16.7 Å². The second-order valence-electron chi connectivity index (χ2n) is 6.95. The van der Waals surface area contributed by atoms with E-state index in [1.54, 1.807) is 6.33 Å². The van der Waals surface area contributed by atoms with Gasteiger partial charge in [0.1, 0.15) is 6.33 Å². The maximum atomic E-state index is 9.61. The van der Waals surface area contributed by atoms with Crippen LogP contribution in [0.15, 0.2) is 36.8 Å². The van der Waals surface area contributed by atoms with Gasteiger partial charge in [-0.3, -0.25) is 0 Å². The van der Waals surface area contributed by atoms with Gasteiger partial charge in [-0.15, -0.1) is 0 Å². The van der Waals surface area contributed by atoms with Crippen molar-refractivity contribution in [3.05, 3.63) is 48.0 Å². The number of rotatable bonds is 3. The quantitative estimate of drug-likeness (QED) is 0.740. The summed E-state index contributed by atoms with van der Waals surface area (Å²) in [5.41, 5.74) is 2.90. The van der Waals surface area contributed by atoms with Gasteiger partial charge in [-0.1, -0.05) is 12.1 Å². The average molecular weight is 315 g/mol. The van der Waals surface area contributed by atoms with Crippen molar-refractivity contribution in [3.8, 4) is 11.9 Å². The summed E-state index contributed by atoms with van der Waals surface area (Å²) < 4.78 is 1.87. The van der Waals surface area contributed by atoms with Crippen LogP contribution < -0.4 is 0 Å². The van der Waals surface area contributed by atoms with Crippen molar-refractivity contribution in [1.29, 1.82) is 5.26 Å². The molecule has 0 amide bonds. The van der Waals surface area contributed by atoms with Gasteiger partial charge in [0.2, 0.25) is 0 Å². The van der Waals surface area contributed by atoms with Gasteiger partial charge in [-0.2, -0.15) is 10.4 Å². The SMILES string of the molecule is N#CC1(c2ccc3cnn(-c4cc(C5CC5)ncn4)c3c2)CCC1. The third kappa shape index (κ3) is 1.96. The fourth-order valence-electron chi connectivity index (χ4n) is 3.57. The van der Waals surface area contributed by atoms with Gasteiger partial charge < -0.3 is 0 Å². The molecule has 0 aliphatic heterocycles. The topological polar surface area (TPSA) is 67.4 Å². The average Bonchev–Trinajstić information content (AvgIpc) is 3.34. The van der Waals surface area contributed by atoms with Crippen LogP contribution in [-0.4, -0.2) is 19.7 Å². The van der Waals surface area contributed by atoms with Crippen LogP contribution in [0.4, 0.5) is 0 Å². The standard InChI is InChI=1S/C19H17N5/c20-11-19(6-1-7-19)15-5-4-14-10-23-24(17(14)8-15)18-9-16(13-2-3-13)21-12-22-18/h4-5,8-10,12-13H,1-3,6-7H2. The van der Waals surface area contributed by atoms with Crippen molar-refractivity contribution < 1.29 is 0 Å². The molecule has 2 aliphatic rings. The van der Waals surface area contributed by atoms with Gasteiger partial charge >= 0.3 is 0 Å². The number of nitriles is 1. The molecule has 5 heteroatoms. The minimum Gasteiger partial charge on any atom is -0.241 e. The first-order chi connectivity index (χ1) is 11.8. The molecule has 2 heterocycles. The third-order valence-corrected chi connectivity index (χ3v) is 5.43. The molecule has 3 aromatic rings. The van der Waals surface area contributed by atoms with E-state index >= 15 is 0 Å². The first-order valence-corrected chi connectivity index (χ1v) is 8.51. The van der Waals surface area contributed by atoms with E-state index in [0.717, 1.165) is 47.2 Å². The molecule has 2 aromatic heterocycles. The van der Waals surface area contributed by atoms with Gasteiger partial charge in [0, 0.05) is 23.1 Å². The van der Waals surface area contributed by atoms with Gasteiger partial charge in [0.15, 0.2) is 5.82 Å². The fraction of sp³-hybridized carbons (Fsp3) is 0.368. The molecular formula is C19H17N5. The summed E-state index contributed by atoms with van der Waals surface area (Å²) >= 11 is 0. The Morgan fingerprint density at radius 3 is 2.75 bits per heavy atom. The number of benzene rings is 1. The van der Waals surface area contributed by atoms with Crippen LogP contribution in [0, 0.1) is 11.3 Å². The Kier molecular flexibility index (Phi) is 2.78. The number of nitrogens with zero attached hydrogens (tertiary/aromatic N) is 5. The van der Waals surface area contributed by atoms with Crippen LogP contribution in [0.3, 0.4) is 0 Å². The van der Waals surface area contributed by atoms with Crippen molar-refractivity contribution in [2.45, 2.75) is 43.4 Å². The molecule has 0 saturated heterocycles. The molecule has 0 radical (unpaired) electrons. The van der Waals surface area contributed by atoms with Crippen LogP contribution in [-0.2, 0) is 5.41 Å². The largest absolute Gasteiger partial charge is 0.241 e. The van der Waals surface area contributed by atoms with Crippen LogP contribution >= 0.6 is 0 Å². The summed E-state index contributed by atoms with van der Waals surface area (Å²) in [4.78, 5) is 8.80. The number of aromatic nitrogens is 4. The van der Waals surface area contributed by atoms with E-state index in [4.69, 9.17) is 0 Å². The van der Waals surface area contributed by atoms with E-state index < -0.39 is 0 Å². The molecule has 2 aliphatic carbocycles. The summed E-state index contributed by atoms with van der Waals surface area (Å²) in [5.74, 6) is 1.39. The minimum atomic E-state index is -0.311. The Morgan fingerprint density at radius 2 is 2.04 bits per heavy atom. The Labute approximate surface area is 140 Å². The molecule has 0 bridgehead atoms. The zero-order chi connectivity index (χ0) is 16.1. The summed E-state index contributed by atoms with van der Waals surface area (Å²) in [6, 6.07) is 10.8. The van der Waals surface area contributed by atoms with E-state index in [1.807, 2.05) is 16.9 Å². The lowest BCUT2D eigenvalue weighted by Crippen LogP contribution is -2.32. The molecule has 2 saturated carbocycles. The zero-order valence-electron chi connectivity index (χ0n) is 13.3. The van der Waals surface area contributed by atoms with Gasteiger partial charge in [0.25, 0.3) is 0 Å². The maximum absolute atomic E-state index is 9.61. The molecule has 24 heavy (non-hydrogen) atoms. The van der Waals surface area contributed by atoms with Crippen molar-refractivity contribution in [1.82, 2.24) is 19.7 Å². The summed E-state index contributed by atoms with van der Waals surface area (Å²) in [5, 5.41) is 15.2. The van der Waals surface area contributed by atoms with Crippen molar-refractivity contribution in [3.63, 3.8) is 0 Å². The molecule has 0 N–H and O–H groups in total. The van der Waals surface area contributed by atoms with Gasteiger partial charge in [-0.25, -0.2) is 14.6 Å². The molecule has 0 atom stereocenters. The van der Waals surface area contributed by atoms with Crippen molar-refractivity contribution >= 4 is 10.9 Å². The van der Waals surface area contributed by atoms with Crippen molar-refractivity contribution in [2.75, 3.05) is 0 Å². The molecule has 0 spiro atoms. The highest BCUT2D eigenvalue weighted by molar-refractivity contribution is 5.81. The number of fused-ring (bicyclic) bond motifs is 1. The van der Waals surface area contributed by atoms with E-state index in [2.05, 4.69) is 39.3 Å². The van der Waals surface area contributed by atoms with Gasteiger partial charge in [0.05, 0.1) is 23.2 Å². The molecule has 2 fully saturated rings. The van der Waals surface area contributed by atoms with E-state index in [9.17, 15) is 5.26 Å². The van der Waals surface area contributed by atoms with E-state index in [1.165, 1.54) is 12.8 Å². The number of hydrogen-bond donors (Lipinski definition) is 0. The Bertz CT molecular complexity index is 973. The third-order valence-electron chi connectivity index (χ3n) is 5.43. The van der Waals surface area contributed by atoms with Crippen LogP contribution in [0.1, 0.15) is 49.3 Å². The Hall–Kier alpha value is -2.74. The van der Waals surface area contributed by atoms with Crippen LogP contribution in [0.5, 0.6) is 0 Å². The summed E-state index contributed by atoms with van der Waals surface area (Å²) in [7, 11) is 0. The second kappa shape index (κ2) is 4.88. The normalized spacial score (nSPS) is 19.0. The Balaban J connectivity index is 1.64. The Morgan fingerprint density at radius 1 is 1.17 bits per heavy atom. The first-order valence-electron chi connectivity index (χ1n) is 8.51. The molecule has 5 rings (SSSR count). The second-order valence-corrected chi connectivity index (χ2v) is 6.95. The predicted octanol–water partition coefficient (Wildman–Crippen LogP) is 3.64. The molecule has 5 nitrogen and oxygen atoms in total. The van der Waals surface area contributed by atoms with Crippen LogP contribution in [0.2, 0.25) is 0 Å². The lowest BCUT2D eigenvalue weighted by atomic mass is 9.65. The minimum absolute atomic E-state index is 0.311. The highest BCUT2D eigenvalue weighted by atomic mass is 15.3. The molecule has 1 aromatic carbocycles. The molecule has 118 valence electrons. The lowest BCUT2D eigenvalue weighted by Gasteiger charge is -2.35. The molecular weight excluding hydrogens is 298 g/mol. The smallest absolute Gasteiger partial charge is 0.157 e. The molecule has 0 unspecified atom stereocenters. The zero-order valence-corrected chi connectivity index (χ0v) is 13.3. The fourth-order valence-corrected chi connectivity index (χ4v) is 3.57. The van der Waals surface area contributed by atoms with Crippen molar-refractivity contribution in [2.24, 2.45) is 0 Å². The highest BCUT2D eigenvalue weighted by Gasteiger charge is 2.39. The van der Waals surface area contributed by atoms with Gasteiger partial charge in [-0.05, 0) is 43.7 Å². The van der Waals surface area contributed by atoms with E-state index in [0.29, 0.717) is 5.92 Å². The summed E-state index contributed by atoms with van der Waals surface area (Å²) in [6.45, 7) is 0. The first kappa shape index (κ1) is 13.7. The maximum Gasteiger partial charge on any atom is 0.157 e. The number of hydrogen-bond acceptors (Lipinski definition) is 4.